The van der Waals surface area contributed by atoms with Crippen molar-refractivity contribution < 1.29 is 0 Å². The lowest BCUT2D eigenvalue weighted by Gasteiger charge is -2.04. The Morgan fingerprint density at radius 1 is 0.950 bits per heavy atom. The van der Waals surface area contributed by atoms with Gasteiger partial charge in [-0.3, -0.25) is 0 Å². The van der Waals surface area contributed by atoms with Gasteiger partial charge in [-0.15, -0.1) is 0 Å². The van der Waals surface area contributed by atoms with Crippen molar-refractivity contribution in [3.05, 3.63) is 73.2 Å². The van der Waals surface area contributed by atoms with Gasteiger partial charge in [-0.25, -0.2) is 0 Å². The van der Waals surface area contributed by atoms with Crippen LogP contribution in [0.5, 0.6) is 0 Å². The zero-order chi connectivity index (χ0) is 14.1. The van der Waals surface area contributed by atoms with Crippen LogP contribution < -0.4 is 0 Å². The molecule has 1 aliphatic carbocycles. The molecule has 20 heavy (non-hydrogen) atoms. The fourth-order valence-electron chi connectivity index (χ4n) is 2.60. The molecule has 0 amide bonds. The number of halogens is 3. The molecule has 0 saturated heterocycles. The monoisotopic (exact) mass is 366 g/mol. The van der Waals surface area contributed by atoms with E-state index < -0.39 is 0 Å². The quantitative estimate of drug-likeness (QED) is 0.594. The van der Waals surface area contributed by atoms with E-state index in [1.165, 1.54) is 22.3 Å². The van der Waals surface area contributed by atoms with E-state index in [1.807, 2.05) is 12.1 Å². The number of aryl methyl sites for hydroxylation is 1. The highest BCUT2D eigenvalue weighted by Crippen LogP contribution is 2.30. The van der Waals surface area contributed by atoms with Crippen LogP contribution in [-0.4, -0.2) is 0 Å². The first kappa shape index (κ1) is 14.2. The van der Waals surface area contributed by atoms with Gasteiger partial charge in [-0.05, 0) is 66.3 Å². The molecule has 0 N–H and O–H groups in total. The molecule has 0 saturated carbocycles. The van der Waals surface area contributed by atoms with Crippen molar-refractivity contribution in [3.63, 3.8) is 0 Å². The molecule has 0 unspecified atom stereocenters. The van der Waals surface area contributed by atoms with E-state index in [9.17, 15) is 0 Å². The summed E-state index contributed by atoms with van der Waals surface area (Å²) in [6.07, 6.45) is 5.36. The Balaban J connectivity index is 1.69. The third-order valence-corrected chi connectivity index (χ3v) is 4.47. The summed E-state index contributed by atoms with van der Waals surface area (Å²) in [5.74, 6) is 0. The van der Waals surface area contributed by atoms with Gasteiger partial charge in [-0.2, -0.15) is 0 Å². The third-order valence-electron chi connectivity index (χ3n) is 3.54. The number of benzene rings is 2. The molecule has 102 valence electrons. The van der Waals surface area contributed by atoms with Crippen LogP contribution in [0.2, 0.25) is 10.0 Å². The molecule has 0 nitrogen and oxygen atoms in total. The summed E-state index contributed by atoms with van der Waals surface area (Å²) in [6, 6.07) is 12.2. The highest BCUT2D eigenvalue weighted by atomic mass is 79.9. The highest BCUT2D eigenvalue weighted by molar-refractivity contribution is 9.10. The van der Waals surface area contributed by atoms with E-state index in [2.05, 4.69) is 40.2 Å². The summed E-state index contributed by atoms with van der Waals surface area (Å²) in [4.78, 5) is 0. The summed E-state index contributed by atoms with van der Waals surface area (Å²) in [5, 5.41) is 1.42. The van der Waals surface area contributed by atoms with Gasteiger partial charge in [-0.1, -0.05) is 56.8 Å². The minimum atomic E-state index is 0.708. The van der Waals surface area contributed by atoms with Gasteiger partial charge in [0.25, 0.3) is 0 Å². The number of allylic oxidation sites excluding steroid dienone is 1. The first-order valence-electron chi connectivity index (χ1n) is 6.53. The van der Waals surface area contributed by atoms with Gasteiger partial charge in [0.15, 0.2) is 0 Å². The van der Waals surface area contributed by atoms with Crippen LogP contribution >= 0.6 is 39.1 Å². The predicted octanol–water partition coefficient (Wildman–Crippen LogP) is 6.33. The number of hydrogen-bond acceptors (Lipinski definition) is 0. The number of fused-ring (bicyclic) bond motifs is 1. The van der Waals surface area contributed by atoms with Crippen LogP contribution in [0.1, 0.15) is 23.1 Å². The normalized spacial score (nSPS) is 13.2. The van der Waals surface area contributed by atoms with Crippen LogP contribution in [0.3, 0.4) is 0 Å². The van der Waals surface area contributed by atoms with Crippen molar-refractivity contribution in [3.8, 4) is 0 Å². The highest BCUT2D eigenvalue weighted by Gasteiger charge is 2.12. The average Bonchev–Trinajstić information content (AvgIpc) is 2.77. The number of hydrogen-bond donors (Lipinski definition) is 0. The van der Waals surface area contributed by atoms with Crippen molar-refractivity contribution in [2.75, 3.05) is 0 Å². The lowest BCUT2D eigenvalue weighted by atomic mass is 10.0. The molecule has 2 aromatic rings. The van der Waals surface area contributed by atoms with E-state index in [0.717, 1.165) is 23.7 Å². The first-order valence-corrected chi connectivity index (χ1v) is 8.08. The largest absolute Gasteiger partial charge is 0.0843 e. The molecule has 0 bridgehead atoms. The molecular weight excluding hydrogens is 355 g/mol. The van der Waals surface area contributed by atoms with Crippen LogP contribution in [0.15, 0.2) is 46.4 Å². The summed E-state index contributed by atoms with van der Waals surface area (Å²) >= 11 is 15.6. The van der Waals surface area contributed by atoms with E-state index in [1.54, 1.807) is 6.07 Å². The second-order valence-electron chi connectivity index (χ2n) is 5.10. The van der Waals surface area contributed by atoms with Gasteiger partial charge < -0.3 is 0 Å². The van der Waals surface area contributed by atoms with Gasteiger partial charge in [0.2, 0.25) is 0 Å². The Morgan fingerprint density at radius 2 is 1.70 bits per heavy atom. The van der Waals surface area contributed by atoms with Gasteiger partial charge in [0.1, 0.15) is 0 Å². The molecule has 0 spiro atoms. The molecule has 0 atom stereocenters. The maximum atomic E-state index is 6.03. The predicted molar refractivity (Wildman–Crippen MR) is 90.6 cm³/mol. The Morgan fingerprint density at radius 3 is 2.45 bits per heavy atom. The van der Waals surface area contributed by atoms with Crippen LogP contribution in [0.4, 0.5) is 0 Å². The maximum Gasteiger partial charge on any atom is 0.0423 e. The van der Waals surface area contributed by atoms with Crippen molar-refractivity contribution in [1.82, 2.24) is 0 Å². The zero-order valence-electron chi connectivity index (χ0n) is 10.8. The summed E-state index contributed by atoms with van der Waals surface area (Å²) in [6.45, 7) is 0. The number of rotatable bonds is 3. The van der Waals surface area contributed by atoms with Crippen LogP contribution in [0.25, 0.3) is 6.08 Å². The molecule has 0 aliphatic heterocycles. The molecule has 0 radical (unpaired) electrons. The van der Waals surface area contributed by atoms with E-state index in [-0.39, 0.29) is 0 Å². The van der Waals surface area contributed by atoms with E-state index >= 15 is 0 Å². The molecule has 3 rings (SSSR count). The molecule has 0 fully saturated rings. The summed E-state index contributed by atoms with van der Waals surface area (Å²) in [5.41, 5.74) is 5.40. The second-order valence-corrected chi connectivity index (χ2v) is 6.89. The topological polar surface area (TPSA) is 0 Å². The minimum Gasteiger partial charge on any atom is -0.0843 e. The van der Waals surface area contributed by atoms with Gasteiger partial charge in [0.05, 0.1) is 0 Å². The van der Waals surface area contributed by atoms with E-state index in [0.29, 0.717) is 10.0 Å². The average molecular weight is 368 g/mol. The van der Waals surface area contributed by atoms with Gasteiger partial charge >= 0.3 is 0 Å². The summed E-state index contributed by atoms with van der Waals surface area (Å²) < 4.78 is 1.15. The molecular formula is C17H13BrCl2. The van der Waals surface area contributed by atoms with E-state index in [4.69, 9.17) is 23.2 Å². The van der Waals surface area contributed by atoms with Crippen LogP contribution in [0, 0.1) is 0 Å². The molecule has 0 aromatic heterocycles. The summed E-state index contributed by atoms with van der Waals surface area (Å²) in [7, 11) is 0. The van der Waals surface area contributed by atoms with Crippen LogP contribution in [-0.2, 0) is 12.8 Å². The van der Waals surface area contributed by atoms with Gasteiger partial charge in [0, 0.05) is 14.5 Å². The SMILES string of the molecule is Clc1cc(Cl)cc(CCC2=Cc3ccc(Br)cc3C2)c1. The zero-order valence-corrected chi connectivity index (χ0v) is 13.9. The van der Waals surface area contributed by atoms with Crippen molar-refractivity contribution in [2.45, 2.75) is 19.3 Å². The standard InChI is InChI=1S/C17H13BrCl2/c18-15-4-3-13-5-11(6-14(13)9-15)1-2-12-7-16(19)10-17(20)8-12/h3-5,7-10H,1-2,6H2. The Labute approximate surface area is 137 Å². The third kappa shape index (κ3) is 3.28. The van der Waals surface area contributed by atoms with Crippen molar-refractivity contribution in [2.24, 2.45) is 0 Å². The fraction of sp³-hybridized carbons (Fsp3) is 0.176. The molecule has 2 aromatic carbocycles. The lowest BCUT2D eigenvalue weighted by Crippen LogP contribution is -1.90. The van der Waals surface area contributed by atoms with Crippen molar-refractivity contribution in [1.29, 1.82) is 0 Å². The Hall–Kier alpha value is -0.760. The smallest absolute Gasteiger partial charge is 0.0423 e. The maximum absolute atomic E-state index is 6.03. The molecule has 0 heterocycles. The Bertz CT molecular complexity index is 669. The second kappa shape index (κ2) is 5.93. The molecule has 3 heteroatoms. The Kier molecular flexibility index (Phi) is 4.21. The van der Waals surface area contributed by atoms with Crippen molar-refractivity contribution >= 4 is 45.2 Å². The first-order chi connectivity index (χ1) is 9.60. The fourth-order valence-corrected chi connectivity index (χ4v) is 3.58. The minimum absolute atomic E-state index is 0.708. The molecule has 1 aliphatic rings. The lowest BCUT2D eigenvalue weighted by molar-refractivity contribution is 0.917.